The molecule has 0 amide bonds. The molecule has 2 rings (SSSR count). The van der Waals surface area contributed by atoms with E-state index in [0.29, 0.717) is 11.7 Å². The maximum atomic E-state index is 8.98. The molecule has 1 saturated heterocycles. The SMILES string of the molecule is Nc1cc(N2CCCC(CCO)C2)nc(N)n1. The summed E-state index contributed by atoms with van der Waals surface area (Å²) in [5, 5.41) is 8.98. The summed E-state index contributed by atoms with van der Waals surface area (Å²) >= 11 is 0. The van der Waals surface area contributed by atoms with Crippen LogP contribution in [0.15, 0.2) is 6.07 Å². The van der Waals surface area contributed by atoms with E-state index in [1.54, 1.807) is 6.07 Å². The van der Waals surface area contributed by atoms with E-state index < -0.39 is 0 Å². The van der Waals surface area contributed by atoms with E-state index in [4.69, 9.17) is 16.6 Å². The molecule has 2 heterocycles. The van der Waals surface area contributed by atoms with E-state index in [1.807, 2.05) is 0 Å². The van der Waals surface area contributed by atoms with Crippen molar-refractivity contribution in [2.75, 3.05) is 36.1 Å². The number of hydrogen-bond acceptors (Lipinski definition) is 6. The van der Waals surface area contributed by atoms with E-state index >= 15 is 0 Å². The zero-order valence-corrected chi connectivity index (χ0v) is 9.84. The Bertz CT molecular complexity index is 362. The van der Waals surface area contributed by atoms with Crippen LogP contribution < -0.4 is 16.4 Å². The number of piperidine rings is 1. The maximum Gasteiger partial charge on any atom is 0.223 e. The van der Waals surface area contributed by atoms with Gasteiger partial charge in [-0.05, 0) is 25.2 Å². The summed E-state index contributed by atoms with van der Waals surface area (Å²) in [7, 11) is 0. The van der Waals surface area contributed by atoms with Gasteiger partial charge in [0.2, 0.25) is 5.95 Å². The lowest BCUT2D eigenvalue weighted by Crippen LogP contribution is -2.36. The number of nitrogens with two attached hydrogens (primary N) is 2. The minimum absolute atomic E-state index is 0.212. The van der Waals surface area contributed by atoms with Gasteiger partial charge in [0.15, 0.2) is 0 Å². The fourth-order valence-electron chi connectivity index (χ4n) is 2.32. The van der Waals surface area contributed by atoms with Gasteiger partial charge in [0.25, 0.3) is 0 Å². The Balaban J connectivity index is 2.10. The van der Waals surface area contributed by atoms with Crippen molar-refractivity contribution in [3.63, 3.8) is 0 Å². The van der Waals surface area contributed by atoms with Gasteiger partial charge in [-0.1, -0.05) is 0 Å². The Morgan fingerprint density at radius 2 is 2.24 bits per heavy atom. The normalized spacial score (nSPS) is 20.5. The molecular formula is C11H19N5O. The zero-order chi connectivity index (χ0) is 12.3. The van der Waals surface area contributed by atoms with Crippen LogP contribution in [0.5, 0.6) is 0 Å². The second-order valence-corrected chi connectivity index (χ2v) is 4.48. The first-order valence-corrected chi connectivity index (χ1v) is 5.95. The minimum Gasteiger partial charge on any atom is -0.396 e. The second kappa shape index (κ2) is 5.18. The standard InChI is InChI=1S/C11H19N5O/c12-9-6-10(15-11(13)14-9)16-4-1-2-8(7-16)3-5-17/h6,8,17H,1-5,7H2,(H4,12,13,14,15). The molecule has 0 bridgehead atoms. The molecule has 0 aromatic carbocycles. The molecule has 0 radical (unpaired) electrons. The van der Waals surface area contributed by atoms with E-state index in [0.717, 1.165) is 38.2 Å². The van der Waals surface area contributed by atoms with Gasteiger partial charge in [-0.15, -0.1) is 0 Å². The van der Waals surface area contributed by atoms with Crippen LogP contribution in [0.2, 0.25) is 0 Å². The molecule has 94 valence electrons. The Morgan fingerprint density at radius 1 is 1.41 bits per heavy atom. The van der Waals surface area contributed by atoms with Crippen LogP contribution in [0.4, 0.5) is 17.6 Å². The van der Waals surface area contributed by atoms with Gasteiger partial charge in [-0.3, -0.25) is 0 Å². The maximum absolute atomic E-state index is 8.98. The summed E-state index contributed by atoms with van der Waals surface area (Å²) < 4.78 is 0. The molecule has 1 aromatic heterocycles. The summed E-state index contributed by atoms with van der Waals surface area (Å²) in [5.41, 5.74) is 11.3. The number of aromatic nitrogens is 2. The van der Waals surface area contributed by atoms with Crippen LogP contribution in [0.1, 0.15) is 19.3 Å². The molecule has 1 atom stereocenters. The molecule has 1 fully saturated rings. The number of hydrogen-bond donors (Lipinski definition) is 3. The number of anilines is 3. The minimum atomic E-state index is 0.212. The van der Waals surface area contributed by atoms with E-state index in [-0.39, 0.29) is 12.6 Å². The topological polar surface area (TPSA) is 101 Å². The lowest BCUT2D eigenvalue weighted by Gasteiger charge is -2.33. The third kappa shape index (κ3) is 2.97. The molecule has 0 aliphatic carbocycles. The molecular weight excluding hydrogens is 218 g/mol. The Labute approximate surface area is 101 Å². The fourth-order valence-corrected chi connectivity index (χ4v) is 2.32. The van der Waals surface area contributed by atoms with Gasteiger partial charge in [-0.2, -0.15) is 9.97 Å². The van der Waals surface area contributed by atoms with Crippen molar-refractivity contribution < 1.29 is 5.11 Å². The summed E-state index contributed by atoms with van der Waals surface area (Å²) in [5.74, 6) is 1.92. The van der Waals surface area contributed by atoms with Crippen LogP contribution in [0, 0.1) is 5.92 Å². The smallest absolute Gasteiger partial charge is 0.223 e. The predicted molar refractivity (Wildman–Crippen MR) is 67.5 cm³/mol. The number of aliphatic hydroxyl groups is 1. The first-order valence-electron chi connectivity index (χ1n) is 5.95. The predicted octanol–water partition coefficient (Wildman–Crippen LogP) is 0.240. The van der Waals surface area contributed by atoms with Crippen molar-refractivity contribution in [2.24, 2.45) is 5.92 Å². The van der Waals surface area contributed by atoms with Gasteiger partial charge in [0, 0.05) is 25.8 Å². The van der Waals surface area contributed by atoms with Crippen molar-refractivity contribution >= 4 is 17.6 Å². The molecule has 0 saturated carbocycles. The molecule has 1 aliphatic heterocycles. The van der Waals surface area contributed by atoms with Crippen LogP contribution in [0.25, 0.3) is 0 Å². The van der Waals surface area contributed by atoms with Gasteiger partial charge >= 0.3 is 0 Å². The van der Waals surface area contributed by atoms with Gasteiger partial charge < -0.3 is 21.5 Å². The monoisotopic (exact) mass is 237 g/mol. The number of rotatable bonds is 3. The largest absolute Gasteiger partial charge is 0.396 e. The highest BCUT2D eigenvalue weighted by Gasteiger charge is 2.21. The zero-order valence-electron chi connectivity index (χ0n) is 9.84. The van der Waals surface area contributed by atoms with E-state index in [2.05, 4.69) is 14.9 Å². The van der Waals surface area contributed by atoms with E-state index in [1.165, 1.54) is 0 Å². The van der Waals surface area contributed by atoms with Crippen molar-refractivity contribution in [2.45, 2.75) is 19.3 Å². The Morgan fingerprint density at radius 3 is 2.94 bits per heavy atom. The average Bonchev–Trinajstić information content (AvgIpc) is 2.28. The number of nitrogen functional groups attached to an aromatic ring is 2. The van der Waals surface area contributed by atoms with Crippen LogP contribution in [0.3, 0.4) is 0 Å². The van der Waals surface area contributed by atoms with Gasteiger partial charge in [-0.25, -0.2) is 0 Å². The summed E-state index contributed by atoms with van der Waals surface area (Å²) in [4.78, 5) is 10.2. The fraction of sp³-hybridized carbons (Fsp3) is 0.636. The highest BCUT2D eigenvalue weighted by molar-refractivity contribution is 5.50. The highest BCUT2D eigenvalue weighted by Crippen LogP contribution is 2.24. The van der Waals surface area contributed by atoms with Crippen molar-refractivity contribution in [1.82, 2.24) is 9.97 Å². The molecule has 0 spiro atoms. The summed E-state index contributed by atoms with van der Waals surface area (Å²) in [6.07, 6.45) is 3.11. The highest BCUT2D eigenvalue weighted by atomic mass is 16.3. The first-order chi connectivity index (χ1) is 8.19. The Hall–Kier alpha value is -1.56. The quantitative estimate of drug-likeness (QED) is 0.696. The molecule has 1 aliphatic rings. The molecule has 5 N–H and O–H groups in total. The summed E-state index contributed by atoms with van der Waals surface area (Å²) in [6.45, 7) is 2.10. The lowest BCUT2D eigenvalue weighted by molar-refractivity contribution is 0.244. The molecule has 17 heavy (non-hydrogen) atoms. The average molecular weight is 237 g/mol. The third-order valence-electron chi connectivity index (χ3n) is 3.13. The number of nitrogens with zero attached hydrogens (tertiary/aromatic N) is 3. The molecule has 1 unspecified atom stereocenters. The third-order valence-corrected chi connectivity index (χ3v) is 3.13. The molecule has 1 aromatic rings. The van der Waals surface area contributed by atoms with Gasteiger partial charge in [0.1, 0.15) is 11.6 Å². The molecule has 6 heteroatoms. The summed E-state index contributed by atoms with van der Waals surface area (Å²) in [6, 6.07) is 1.75. The Kier molecular flexibility index (Phi) is 3.63. The lowest BCUT2D eigenvalue weighted by atomic mass is 9.95. The second-order valence-electron chi connectivity index (χ2n) is 4.48. The first kappa shape index (κ1) is 11.9. The van der Waals surface area contributed by atoms with Crippen LogP contribution >= 0.6 is 0 Å². The van der Waals surface area contributed by atoms with Crippen LogP contribution in [-0.2, 0) is 0 Å². The van der Waals surface area contributed by atoms with Crippen molar-refractivity contribution in [1.29, 1.82) is 0 Å². The molecule has 6 nitrogen and oxygen atoms in total. The number of aliphatic hydroxyl groups excluding tert-OH is 1. The van der Waals surface area contributed by atoms with Gasteiger partial charge in [0.05, 0.1) is 0 Å². The van der Waals surface area contributed by atoms with E-state index in [9.17, 15) is 0 Å². The van der Waals surface area contributed by atoms with Crippen molar-refractivity contribution in [3.8, 4) is 0 Å². The van der Waals surface area contributed by atoms with Crippen molar-refractivity contribution in [3.05, 3.63) is 6.07 Å². The van der Waals surface area contributed by atoms with Crippen LogP contribution in [-0.4, -0.2) is 34.8 Å².